The third kappa shape index (κ3) is 15.0. The number of anilines is 6. The zero-order valence-corrected chi connectivity index (χ0v) is 61.9. The molecule has 0 fully saturated rings. The molecule has 19 rings (SSSR count). The van der Waals surface area contributed by atoms with E-state index in [4.69, 9.17) is 0 Å². The molecule has 19 aromatic rings. The Bertz CT molecular complexity index is 6250. The van der Waals surface area contributed by atoms with Gasteiger partial charge in [-0.15, -0.1) is 0 Å². The lowest BCUT2D eigenvalue weighted by molar-refractivity contribution is 1.28. The fraction of sp³-hybridized carbons (Fsp3) is 0. The highest BCUT2D eigenvalue weighted by Gasteiger charge is 2.18. The minimum absolute atomic E-state index is 1.10. The van der Waals surface area contributed by atoms with Gasteiger partial charge in [-0.2, -0.15) is 0 Å². The van der Waals surface area contributed by atoms with Crippen LogP contribution in [0.4, 0.5) is 34.1 Å². The molecule has 0 aliphatic heterocycles. The molecule has 0 aromatic heterocycles. The van der Waals surface area contributed by atoms with Gasteiger partial charge >= 0.3 is 0 Å². The molecule has 112 heavy (non-hydrogen) atoms. The summed E-state index contributed by atoms with van der Waals surface area (Å²) in [6.45, 7) is 0. The number of hydrogen-bond donors (Lipinski definition) is 0. The van der Waals surface area contributed by atoms with Crippen molar-refractivity contribution in [2.45, 2.75) is 0 Å². The van der Waals surface area contributed by atoms with Crippen molar-refractivity contribution in [3.05, 3.63) is 473 Å². The monoisotopic (exact) mass is 1430 g/mol. The standard InChI is InChI=1S/C58H41N.C52H37N/c1-3-12-42(13-4-1)50-18-9-20-52(40-50)46-30-36-55(37-31-46)59(56-38-32-47(33-39-56)53-21-10-19-51(41-53)43-14-5-2-6-15-43)54-34-28-45(29-35-54)44-24-26-49(27-25-44)58-23-11-17-48-16-7-8-22-57(48)58;1-3-11-38(12-4-1)41-25-31-48(32-26-41)53(50-35-29-43(30-36-50)47-18-9-17-46(37-47)39-13-5-2-6-14-39)49-33-27-42(28-34-49)40-21-23-45(24-22-40)52-20-10-16-44-15-7-8-19-51(44)52/h1-41H;1-37H. The molecule has 0 atom stereocenters. The zero-order chi connectivity index (χ0) is 74.8. The predicted molar refractivity (Wildman–Crippen MR) is 477 cm³/mol. The van der Waals surface area contributed by atoms with Crippen LogP contribution in [0, 0.1) is 0 Å². The summed E-state index contributed by atoms with van der Waals surface area (Å²) in [6.07, 6.45) is 0. The normalized spacial score (nSPS) is 11.0. The van der Waals surface area contributed by atoms with Gasteiger partial charge in [0.2, 0.25) is 0 Å². The second-order valence-electron chi connectivity index (χ2n) is 28.4. The molecule has 0 aliphatic rings. The van der Waals surface area contributed by atoms with Crippen LogP contribution in [0.25, 0.3) is 144 Å². The fourth-order valence-corrected chi connectivity index (χ4v) is 15.5. The lowest BCUT2D eigenvalue weighted by atomic mass is 9.96. The van der Waals surface area contributed by atoms with Crippen molar-refractivity contribution in [2.75, 3.05) is 9.80 Å². The van der Waals surface area contributed by atoms with Crippen molar-refractivity contribution in [3.8, 4) is 122 Å². The van der Waals surface area contributed by atoms with Crippen molar-refractivity contribution in [1.82, 2.24) is 0 Å². The van der Waals surface area contributed by atoms with E-state index >= 15 is 0 Å². The number of fused-ring (bicyclic) bond motifs is 2. The molecule has 0 saturated carbocycles. The molecule has 0 unspecified atom stereocenters. The lowest BCUT2D eigenvalue weighted by Crippen LogP contribution is -2.09. The largest absolute Gasteiger partial charge is 0.311 e. The van der Waals surface area contributed by atoms with Crippen LogP contribution in [0.3, 0.4) is 0 Å². The second-order valence-corrected chi connectivity index (χ2v) is 28.4. The Hall–Kier alpha value is -14.7. The Labute approximate surface area is 656 Å². The fourth-order valence-electron chi connectivity index (χ4n) is 15.5. The number of rotatable bonds is 17. The van der Waals surface area contributed by atoms with Gasteiger partial charge in [-0.3, -0.25) is 0 Å². The first-order chi connectivity index (χ1) is 55.5. The Morgan fingerprint density at radius 2 is 0.268 bits per heavy atom. The van der Waals surface area contributed by atoms with E-state index in [1.54, 1.807) is 0 Å². The van der Waals surface area contributed by atoms with E-state index < -0.39 is 0 Å². The van der Waals surface area contributed by atoms with Crippen molar-refractivity contribution < 1.29 is 0 Å². The molecule has 528 valence electrons. The SMILES string of the molecule is c1ccc(-c2ccc(N(c3ccc(-c4ccc(-c5cccc6ccccc56)cc4)cc3)c3ccc(-c4cccc(-c5ccccc5)c4)cc3)cc2)cc1.c1ccc(-c2cccc(-c3ccc(N(c4ccc(-c5ccc(-c6cccc7ccccc67)cc5)cc4)c4ccc(-c5cccc(-c6ccccc6)c5)cc4)cc3)c2)cc1. The molecule has 0 saturated heterocycles. The minimum atomic E-state index is 1.10. The van der Waals surface area contributed by atoms with E-state index in [-0.39, 0.29) is 0 Å². The molecule has 0 bridgehead atoms. The van der Waals surface area contributed by atoms with Crippen molar-refractivity contribution in [2.24, 2.45) is 0 Å². The summed E-state index contributed by atoms with van der Waals surface area (Å²) < 4.78 is 0. The van der Waals surface area contributed by atoms with Gasteiger partial charge in [0, 0.05) is 34.1 Å². The van der Waals surface area contributed by atoms with Gasteiger partial charge in [0.05, 0.1) is 0 Å². The van der Waals surface area contributed by atoms with E-state index in [0.29, 0.717) is 0 Å². The third-order valence-corrected chi connectivity index (χ3v) is 21.4. The molecule has 0 aliphatic carbocycles. The van der Waals surface area contributed by atoms with Gasteiger partial charge in [0.1, 0.15) is 0 Å². The van der Waals surface area contributed by atoms with Gasteiger partial charge in [-0.1, -0.05) is 382 Å². The predicted octanol–water partition coefficient (Wildman–Crippen LogP) is 31.0. The van der Waals surface area contributed by atoms with Crippen LogP contribution in [-0.4, -0.2) is 0 Å². The second kappa shape index (κ2) is 32.0. The summed E-state index contributed by atoms with van der Waals surface area (Å²) in [7, 11) is 0. The van der Waals surface area contributed by atoms with Crippen LogP contribution < -0.4 is 9.80 Å². The molecule has 0 amide bonds. The minimum Gasteiger partial charge on any atom is -0.311 e. The maximum absolute atomic E-state index is 2.35. The van der Waals surface area contributed by atoms with Gasteiger partial charge in [0.25, 0.3) is 0 Å². The summed E-state index contributed by atoms with van der Waals surface area (Å²) in [5, 5.41) is 5.07. The summed E-state index contributed by atoms with van der Waals surface area (Å²) in [4.78, 5) is 4.69. The Balaban J connectivity index is 0.000000157. The van der Waals surface area contributed by atoms with Crippen LogP contribution in [0.1, 0.15) is 0 Å². The Morgan fingerprint density at radius 1 is 0.107 bits per heavy atom. The molecule has 0 spiro atoms. The first kappa shape index (κ1) is 69.1. The first-order valence-electron chi connectivity index (χ1n) is 38.4. The van der Waals surface area contributed by atoms with E-state index in [0.717, 1.165) is 34.1 Å². The Morgan fingerprint density at radius 3 is 0.518 bits per heavy atom. The number of benzene rings is 19. The maximum atomic E-state index is 2.35. The van der Waals surface area contributed by atoms with Crippen LogP contribution in [0.5, 0.6) is 0 Å². The first-order valence-corrected chi connectivity index (χ1v) is 38.4. The highest BCUT2D eigenvalue weighted by Crippen LogP contribution is 2.43. The van der Waals surface area contributed by atoms with Crippen molar-refractivity contribution in [1.29, 1.82) is 0 Å². The quantitative estimate of drug-likeness (QED) is 0.0896. The smallest absolute Gasteiger partial charge is 0.0462 e. The van der Waals surface area contributed by atoms with E-state index in [1.807, 2.05) is 0 Å². The average molecular weight is 1430 g/mol. The molecule has 2 nitrogen and oxygen atoms in total. The topological polar surface area (TPSA) is 6.48 Å². The molecule has 19 aromatic carbocycles. The molecular formula is C110H78N2. The van der Waals surface area contributed by atoms with Gasteiger partial charge in [-0.25, -0.2) is 0 Å². The summed E-state index contributed by atoms with van der Waals surface area (Å²) in [6, 6.07) is 170. The van der Waals surface area contributed by atoms with Crippen molar-refractivity contribution >= 4 is 55.7 Å². The number of hydrogen-bond acceptors (Lipinski definition) is 2. The molecule has 0 heterocycles. The highest BCUT2D eigenvalue weighted by molar-refractivity contribution is 5.98. The molecule has 0 radical (unpaired) electrons. The van der Waals surface area contributed by atoms with Gasteiger partial charge in [-0.05, 0) is 235 Å². The summed E-state index contributed by atoms with van der Waals surface area (Å²) in [5.41, 5.74) is 33.2. The zero-order valence-electron chi connectivity index (χ0n) is 61.9. The molecular weight excluding hydrogens is 1350 g/mol. The van der Waals surface area contributed by atoms with E-state index in [9.17, 15) is 0 Å². The summed E-state index contributed by atoms with van der Waals surface area (Å²) >= 11 is 0. The van der Waals surface area contributed by atoms with E-state index in [2.05, 4.69) is 483 Å². The number of nitrogens with zero attached hydrogens (tertiary/aromatic N) is 2. The van der Waals surface area contributed by atoms with Crippen molar-refractivity contribution in [3.63, 3.8) is 0 Å². The van der Waals surface area contributed by atoms with Crippen LogP contribution in [-0.2, 0) is 0 Å². The third-order valence-electron chi connectivity index (χ3n) is 21.4. The van der Waals surface area contributed by atoms with Gasteiger partial charge < -0.3 is 9.80 Å². The maximum Gasteiger partial charge on any atom is 0.0462 e. The Kier molecular flexibility index (Phi) is 19.7. The van der Waals surface area contributed by atoms with Crippen LogP contribution in [0.15, 0.2) is 473 Å². The highest BCUT2D eigenvalue weighted by atomic mass is 15.1. The molecule has 0 N–H and O–H groups in total. The van der Waals surface area contributed by atoms with Crippen LogP contribution in [0.2, 0.25) is 0 Å². The van der Waals surface area contributed by atoms with E-state index in [1.165, 1.54) is 144 Å². The molecule has 2 heteroatoms. The lowest BCUT2D eigenvalue weighted by Gasteiger charge is -2.26. The summed E-state index contributed by atoms with van der Waals surface area (Å²) in [5.74, 6) is 0. The average Bonchev–Trinajstić information content (AvgIpc) is 0.793. The van der Waals surface area contributed by atoms with Crippen LogP contribution >= 0.6 is 0 Å². The van der Waals surface area contributed by atoms with Gasteiger partial charge in [0.15, 0.2) is 0 Å².